The summed E-state index contributed by atoms with van der Waals surface area (Å²) >= 11 is 0. The monoisotopic (exact) mass is 201 g/mol. The average molecular weight is 201 g/mol. The van der Waals surface area contributed by atoms with Crippen LogP contribution in [0.25, 0.3) is 6.08 Å². The van der Waals surface area contributed by atoms with Crippen molar-refractivity contribution in [1.29, 1.82) is 0 Å². The Bertz CT molecular complexity index is 343. The molecular weight excluding hydrogens is 182 g/mol. The van der Waals surface area contributed by atoms with Crippen LogP contribution in [-0.4, -0.2) is 18.0 Å². The Hall–Kier alpha value is -1.08. The molecule has 1 aromatic rings. The van der Waals surface area contributed by atoms with E-state index in [2.05, 4.69) is 42.7 Å². The van der Waals surface area contributed by atoms with Gasteiger partial charge in [-0.25, -0.2) is 0 Å². The van der Waals surface area contributed by atoms with Crippen molar-refractivity contribution in [3.05, 3.63) is 42.0 Å². The van der Waals surface area contributed by atoms with Gasteiger partial charge in [0.1, 0.15) is 0 Å². The fraction of sp³-hybridized carbons (Fsp3) is 0.429. The lowest BCUT2D eigenvalue weighted by Gasteiger charge is -2.16. The predicted octanol–water partition coefficient (Wildman–Crippen LogP) is 3.17. The van der Waals surface area contributed by atoms with Gasteiger partial charge >= 0.3 is 0 Å². The fourth-order valence-corrected chi connectivity index (χ4v) is 2.29. The molecule has 15 heavy (non-hydrogen) atoms. The Morgan fingerprint density at radius 2 is 2.27 bits per heavy atom. The number of nitrogens with zero attached hydrogens (tertiary/aromatic N) is 1. The van der Waals surface area contributed by atoms with Gasteiger partial charge in [-0.2, -0.15) is 0 Å². The van der Waals surface area contributed by atoms with Crippen LogP contribution in [0.15, 0.2) is 30.8 Å². The maximum absolute atomic E-state index is 3.86. The number of hydrogen-bond acceptors (Lipinski definition) is 1. The molecule has 2 rings (SSSR count). The van der Waals surface area contributed by atoms with Gasteiger partial charge in [0.15, 0.2) is 0 Å². The summed E-state index contributed by atoms with van der Waals surface area (Å²) in [5.41, 5.74) is 2.68. The van der Waals surface area contributed by atoms with E-state index in [4.69, 9.17) is 0 Å². The molecule has 1 unspecified atom stereocenters. The van der Waals surface area contributed by atoms with Gasteiger partial charge < -0.3 is 0 Å². The first-order valence-electron chi connectivity index (χ1n) is 5.72. The third-order valence-corrected chi connectivity index (χ3v) is 3.18. The van der Waals surface area contributed by atoms with E-state index in [-0.39, 0.29) is 0 Å². The molecule has 1 saturated heterocycles. The van der Waals surface area contributed by atoms with Gasteiger partial charge in [-0.3, -0.25) is 4.90 Å². The fourth-order valence-electron chi connectivity index (χ4n) is 2.29. The second kappa shape index (κ2) is 4.63. The second-order valence-electron chi connectivity index (χ2n) is 4.53. The van der Waals surface area contributed by atoms with Gasteiger partial charge in [-0.1, -0.05) is 43.8 Å². The van der Waals surface area contributed by atoms with E-state index in [0.29, 0.717) is 0 Å². The molecule has 0 radical (unpaired) electrons. The quantitative estimate of drug-likeness (QED) is 0.726. The van der Waals surface area contributed by atoms with Crippen molar-refractivity contribution in [3.8, 4) is 0 Å². The lowest BCUT2D eigenvalue weighted by molar-refractivity contribution is 0.320. The van der Waals surface area contributed by atoms with E-state index >= 15 is 0 Å². The van der Waals surface area contributed by atoms with Gasteiger partial charge in [-0.15, -0.1) is 0 Å². The van der Waals surface area contributed by atoms with Gasteiger partial charge in [0, 0.05) is 13.1 Å². The Balaban J connectivity index is 2.07. The first kappa shape index (κ1) is 10.4. The van der Waals surface area contributed by atoms with Crippen LogP contribution < -0.4 is 0 Å². The molecule has 1 aliphatic rings. The van der Waals surface area contributed by atoms with E-state index in [1.807, 2.05) is 6.08 Å². The Kier molecular flexibility index (Phi) is 3.22. The third kappa shape index (κ3) is 2.48. The van der Waals surface area contributed by atoms with Gasteiger partial charge in [0.25, 0.3) is 0 Å². The molecule has 0 aliphatic carbocycles. The lowest BCUT2D eigenvalue weighted by atomic mass is 10.1. The van der Waals surface area contributed by atoms with Gasteiger partial charge in [-0.05, 0) is 30.0 Å². The van der Waals surface area contributed by atoms with Crippen LogP contribution in [0.3, 0.4) is 0 Å². The Labute approximate surface area is 92.4 Å². The maximum atomic E-state index is 3.86. The van der Waals surface area contributed by atoms with Crippen molar-refractivity contribution in [2.24, 2.45) is 5.92 Å². The minimum Gasteiger partial charge on any atom is -0.299 e. The van der Waals surface area contributed by atoms with Crippen LogP contribution in [0.2, 0.25) is 0 Å². The van der Waals surface area contributed by atoms with E-state index < -0.39 is 0 Å². The standard InChI is InChI=1S/C14H19N/c1-3-13-6-4-5-7-14(13)11-15-9-8-12(2)10-15/h3-7,12H,1,8-11H2,2H3. The molecule has 0 saturated carbocycles. The summed E-state index contributed by atoms with van der Waals surface area (Å²) in [7, 11) is 0. The van der Waals surface area contributed by atoms with Crippen LogP contribution in [0, 0.1) is 5.92 Å². The molecule has 1 nitrogen and oxygen atoms in total. The predicted molar refractivity (Wildman–Crippen MR) is 65.6 cm³/mol. The largest absolute Gasteiger partial charge is 0.299 e. The molecule has 0 amide bonds. The van der Waals surface area contributed by atoms with Crippen molar-refractivity contribution >= 4 is 6.08 Å². The lowest BCUT2D eigenvalue weighted by Crippen LogP contribution is -2.20. The van der Waals surface area contributed by atoms with E-state index in [1.54, 1.807) is 0 Å². The van der Waals surface area contributed by atoms with Gasteiger partial charge in [0.2, 0.25) is 0 Å². The van der Waals surface area contributed by atoms with Crippen molar-refractivity contribution in [2.45, 2.75) is 19.9 Å². The van der Waals surface area contributed by atoms with Crippen molar-refractivity contribution in [1.82, 2.24) is 4.90 Å². The van der Waals surface area contributed by atoms with Crippen LogP contribution in [0.5, 0.6) is 0 Å². The number of likely N-dealkylation sites (tertiary alicyclic amines) is 1. The maximum Gasteiger partial charge on any atom is 0.0239 e. The summed E-state index contributed by atoms with van der Waals surface area (Å²) in [5, 5.41) is 0. The van der Waals surface area contributed by atoms with Crippen LogP contribution in [0.1, 0.15) is 24.5 Å². The highest BCUT2D eigenvalue weighted by molar-refractivity contribution is 5.51. The van der Waals surface area contributed by atoms with Crippen LogP contribution >= 0.6 is 0 Å². The molecule has 0 spiro atoms. The van der Waals surface area contributed by atoms with Crippen LogP contribution in [0.4, 0.5) is 0 Å². The normalized spacial score (nSPS) is 21.8. The zero-order valence-electron chi connectivity index (χ0n) is 9.45. The summed E-state index contributed by atoms with van der Waals surface area (Å²) < 4.78 is 0. The van der Waals surface area contributed by atoms with E-state index in [9.17, 15) is 0 Å². The second-order valence-corrected chi connectivity index (χ2v) is 4.53. The molecule has 1 heterocycles. The molecule has 0 bridgehead atoms. The molecule has 1 heteroatoms. The highest BCUT2D eigenvalue weighted by Gasteiger charge is 2.18. The minimum absolute atomic E-state index is 0.862. The number of benzene rings is 1. The smallest absolute Gasteiger partial charge is 0.0239 e. The van der Waals surface area contributed by atoms with E-state index in [1.165, 1.54) is 30.6 Å². The van der Waals surface area contributed by atoms with Crippen molar-refractivity contribution in [2.75, 3.05) is 13.1 Å². The molecule has 1 fully saturated rings. The zero-order chi connectivity index (χ0) is 10.7. The summed E-state index contributed by atoms with van der Waals surface area (Å²) in [5.74, 6) is 0.862. The molecule has 0 N–H and O–H groups in total. The molecule has 0 aromatic heterocycles. The molecule has 80 valence electrons. The first-order valence-corrected chi connectivity index (χ1v) is 5.72. The topological polar surface area (TPSA) is 3.24 Å². The highest BCUT2D eigenvalue weighted by Crippen LogP contribution is 2.19. The average Bonchev–Trinajstić information content (AvgIpc) is 2.65. The Morgan fingerprint density at radius 1 is 1.47 bits per heavy atom. The molecule has 1 aromatic carbocycles. The minimum atomic E-state index is 0.862. The Morgan fingerprint density at radius 3 is 2.93 bits per heavy atom. The van der Waals surface area contributed by atoms with Crippen molar-refractivity contribution in [3.63, 3.8) is 0 Å². The molecule has 1 atom stereocenters. The van der Waals surface area contributed by atoms with Gasteiger partial charge in [0.05, 0.1) is 0 Å². The molecular formula is C14H19N. The van der Waals surface area contributed by atoms with E-state index in [0.717, 1.165) is 12.5 Å². The molecule has 1 aliphatic heterocycles. The third-order valence-electron chi connectivity index (χ3n) is 3.18. The summed E-state index contributed by atoms with van der Waals surface area (Å²) in [6.07, 6.45) is 3.30. The summed E-state index contributed by atoms with van der Waals surface area (Å²) in [6, 6.07) is 8.54. The zero-order valence-corrected chi connectivity index (χ0v) is 9.45. The first-order chi connectivity index (χ1) is 7.29. The highest BCUT2D eigenvalue weighted by atomic mass is 15.1. The number of rotatable bonds is 3. The summed E-state index contributed by atoms with van der Waals surface area (Å²) in [4.78, 5) is 2.53. The van der Waals surface area contributed by atoms with Crippen molar-refractivity contribution < 1.29 is 0 Å². The number of hydrogen-bond donors (Lipinski definition) is 0. The van der Waals surface area contributed by atoms with Crippen LogP contribution in [-0.2, 0) is 6.54 Å². The SMILES string of the molecule is C=Cc1ccccc1CN1CCC(C)C1. The summed E-state index contributed by atoms with van der Waals surface area (Å²) in [6.45, 7) is 9.76.